The summed E-state index contributed by atoms with van der Waals surface area (Å²) in [4.78, 5) is 12.3. The van der Waals surface area contributed by atoms with E-state index in [1.54, 1.807) is 7.05 Å². The van der Waals surface area contributed by atoms with E-state index < -0.39 is 0 Å². The van der Waals surface area contributed by atoms with Crippen molar-refractivity contribution in [3.63, 3.8) is 0 Å². The molecular weight excluding hydrogens is 252 g/mol. The summed E-state index contributed by atoms with van der Waals surface area (Å²) in [5.41, 5.74) is 8.82. The minimum atomic E-state index is -0.155. The van der Waals surface area contributed by atoms with Gasteiger partial charge < -0.3 is 11.1 Å². The van der Waals surface area contributed by atoms with E-state index in [-0.39, 0.29) is 11.9 Å². The number of rotatable bonds is 2. The lowest BCUT2D eigenvalue weighted by molar-refractivity contribution is 0.0933. The summed E-state index contributed by atoms with van der Waals surface area (Å²) in [6.45, 7) is 0. The molecule has 104 valence electrons. The van der Waals surface area contributed by atoms with Gasteiger partial charge in [-0.3, -0.25) is 9.48 Å². The van der Waals surface area contributed by atoms with E-state index in [2.05, 4.69) is 22.5 Å². The lowest BCUT2D eigenvalue weighted by Gasteiger charge is -2.26. The standard InChI is InChI=1S/C15H18N4O/c1-19-14(16)12(9-17-19)15(20)18-13-8-4-6-10-5-2-3-7-11(10)13/h2-3,5,7,9,13H,4,6,8,16H2,1H3,(H,18,20). The Morgan fingerprint density at radius 2 is 2.25 bits per heavy atom. The first-order chi connectivity index (χ1) is 9.66. The molecule has 20 heavy (non-hydrogen) atoms. The van der Waals surface area contributed by atoms with Gasteiger partial charge in [0.1, 0.15) is 11.4 Å². The van der Waals surface area contributed by atoms with Crippen LogP contribution in [-0.2, 0) is 13.5 Å². The highest BCUT2D eigenvalue weighted by Crippen LogP contribution is 2.29. The summed E-state index contributed by atoms with van der Waals surface area (Å²) in [5, 5.41) is 7.08. The number of nitrogens with one attached hydrogen (secondary N) is 1. The number of carbonyl (C=O) groups excluding carboxylic acids is 1. The number of hydrogen-bond donors (Lipinski definition) is 2. The fourth-order valence-electron chi connectivity index (χ4n) is 2.76. The zero-order valence-corrected chi connectivity index (χ0v) is 11.5. The quantitative estimate of drug-likeness (QED) is 0.874. The van der Waals surface area contributed by atoms with Crippen LogP contribution in [0.15, 0.2) is 30.5 Å². The summed E-state index contributed by atoms with van der Waals surface area (Å²) >= 11 is 0. The Bertz CT molecular complexity index is 647. The number of anilines is 1. The highest BCUT2D eigenvalue weighted by atomic mass is 16.1. The van der Waals surface area contributed by atoms with Crippen molar-refractivity contribution in [1.29, 1.82) is 0 Å². The number of aryl methyl sites for hydroxylation is 2. The number of carbonyl (C=O) groups is 1. The zero-order valence-electron chi connectivity index (χ0n) is 11.5. The largest absolute Gasteiger partial charge is 0.383 e. The maximum atomic E-state index is 12.3. The van der Waals surface area contributed by atoms with E-state index in [1.165, 1.54) is 22.0 Å². The topological polar surface area (TPSA) is 72.9 Å². The van der Waals surface area contributed by atoms with Crippen LogP contribution >= 0.6 is 0 Å². The van der Waals surface area contributed by atoms with Crippen molar-refractivity contribution in [2.75, 3.05) is 5.73 Å². The predicted octanol–water partition coefficient (Wildman–Crippen LogP) is 1.81. The van der Waals surface area contributed by atoms with E-state index in [4.69, 9.17) is 5.73 Å². The number of fused-ring (bicyclic) bond motifs is 1. The van der Waals surface area contributed by atoms with Crippen LogP contribution in [0.5, 0.6) is 0 Å². The molecule has 5 heteroatoms. The second kappa shape index (κ2) is 5.00. The predicted molar refractivity (Wildman–Crippen MR) is 77.2 cm³/mol. The normalized spacial score (nSPS) is 17.6. The van der Waals surface area contributed by atoms with Gasteiger partial charge in [-0.05, 0) is 30.4 Å². The van der Waals surface area contributed by atoms with Gasteiger partial charge in [-0.15, -0.1) is 0 Å². The van der Waals surface area contributed by atoms with Crippen LogP contribution in [0.4, 0.5) is 5.82 Å². The van der Waals surface area contributed by atoms with Gasteiger partial charge in [-0.25, -0.2) is 0 Å². The van der Waals surface area contributed by atoms with Crippen molar-refractivity contribution < 1.29 is 4.79 Å². The smallest absolute Gasteiger partial charge is 0.257 e. The Morgan fingerprint density at radius 3 is 3.00 bits per heavy atom. The number of hydrogen-bond acceptors (Lipinski definition) is 3. The van der Waals surface area contributed by atoms with Crippen LogP contribution in [0.1, 0.15) is 40.4 Å². The second-order valence-electron chi connectivity index (χ2n) is 5.18. The molecule has 3 rings (SSSR count). The van der Waals surface area contributed by atoms with Crippen molar-refractivity contribution in [3.8, 4) is 0 Å². The lowest BCUT2D eigenvalue weighted by Crippen LogP contribution is -2.31. The van der Waals surface area contributed by atoms with Gasteiger partial charge in [0.15, 0.2) is 0 Å². The molecule has 1 aromatic heterocycles. The lowest BCUT2D eigenvalue weighted by atomic mass is 9.87. The van der Waals surface area contributed by atoms with E-state index in [1.807, 2.05) is 12.1 Å². The molecule has 0 spiro atoms. The molecule has 1 aliphatic carbocycles. The highest BCUT2D eigenvalue weighted by Gasteiger charge is 2.23. The molecule has 1 aromatic carbocycles. The molecule has 0 radical (unpaired) electrons. The number of nitrogen functional groups attached to an aromatic ring is 1. The van der Waals surface area contributed by atoms with Crippen LogP contribution < -0.4 is 11.1 Å². The first kappa shape index (κ1) is 12.7. The zero-order chi connectivity index (χ0) is 14.1. The van der Waals surface area contributed by atoms with Crippen LogP contribution in [0.3, 0.4) is 0 Å². The maximum absolute atomic E-state index is 12.3. The summed E-state index contributed by atoms with van der Waals surface area (Å²) in [6, 6.07) is 8.34. The molecule has 0 aliphatic heterocycles. The molecule has 1 atom stereocenters. The Labute approximate surface area is 117 Å². The van der Waals surface area contributed by atoms with Crippen molar-refractivity contribution in [1.82, 2.24) is 15.1 Å². The SMILES string of the molecule is Cn1ncc(C(=O)NC2CCCc3ccccc32)c1N. The third-order valence-electron chi connectivity index (χ3n) is 3.90. The van der Waals surface area contributed by atoms with Crippen LogP contribution in [0, 0.1) is 0 Å². The number of nitrogens with two attached hydrogens (primary N) is 1. The summed E-state index contributed by atoms with van der Waals surface area (Å²) in [5.74, 6) is 0.240. The van der Waals surface area contributed by atoms with E-state index in [0.717, 1.165) is 19.3 Å². The van der Waals surface area contributed by atoms with Gasteiger partial charge in [0, 0.05) is 7.05 Å². The maximum Gasteiger partial charge on any atom is 0.257 e. The Balaban J connectivity index is 1.82. The van der Waals surface area contributed by atoms with E-state index in [0.29, 0.717) is 11.4 Å². The van der Waals surface area contributed by atoms with Gasteiger partial charge >= 0.3 is 0 Å². The van der Waals surface area contributed by atoms with Gasteiger partial charge in [0.25, 0.3) is 5.91 Å². The average Bonchev–Trinajstić information content (AvgIpc) is 2.79. The molecule has 1 aliphatic rings. The van der Waals surface area contributed by atoms with Gasteiger partial charge in [0.2, 0.25) is 0 Å². The van der Waals surface area contributed by atoms with Crippen LogP contribution in [-0.4, -0.2) is 15.7 Å². The molecule has 1 unspecified atom stereocenters. The monoisotopic (exact) mass is 270 g/mol. The summed E-state index contributed by atoms with van der Waals surface area (Å²) in [7, 11) is 1.72. The van der Waals surface area contributed by atoms with Crippen molar-refractivity contribution >= 4 is 11.7 Å². The van der Waals surface area contributed by atoms with E-state index in [9.17, 15) is 4.79 Å². The molecule has 5 nitrogen and oxygen atoms in total. The number of benzene rings is 1. The number of aromatic nitrogens is 2. The summed E-state index contributed by atoms with van der Waals surface area (Å²) < 4.78 is 1.50. The molecule has 0 bridgehead atoms. The molecule has 1 heterocycles. The minimum Gasteiger partial charge on any atom is -0.383 e. The fourth-order valence-corrected chi connectivity index (χ4v) is 2.76. The van der Waals surface area contributed by atoms with Gasteiger partial charge in [-0.1, -0.05) is 24.3 Å². The second-order valence-corrected chi connectivity index (χ2v) is 5.18. The fraction of sp³-hybridized carbons (Fsp3) is 0.333. The minimum absolute atomic E-state index is 0.0621. The van der Waals surface area contributed by atoms with E-state index >= 15 is 0 Å². The van der Waals surface area contributed by atoms with Crippen molar-refractivity contribution in [2.24, 2.45) is 7.05 Å². The third kappa shape index (κ3) is 2.15. The first-order valence-electron chi connectivity index (χ1n) is 6.83. The Kier molecular flexibility index (Phi) is 3.18. The number of amides is 1. The average molecular weight is 270 g/mol. The first-order valence-corrected chi connectivity index (χ1v) is 6.83. The number of nitrogens with zero attached hydrogens (tertiary/aromatic N) is 2. The third-order valence-corrected chi connectivity index (χ3v) is 3.90. The Hall–Kier alpha value is -2.30. The van der Waals surface area contributed by atoms with Gasteiger partial charge in [-0.2, -0.15) is 5.10 Å². The van der Waals surface area contributed by atoms with Gasteiger partial charge in [0.05, 0.1) is 12.2 Å². The summed E-state index contributed by atoms with van der Waals surface area (Å²) in [6.07, 6.45) is 4.64. The molecule has 1 amide bonds. The molecular formula is C15H18N4O. The molecule has 0 saturated heterocycles. The van der Waals surface area contributed by atoms with Crippen molar-refractivity contribution in [2.45, 2.75) is 25.3 Å². The molecule has 2 aromatic rings. The highest BCUT2D eigenvalue weighted by molar-refractivity contribution is 5.98. The molecule has 0 fully saturated rings. The van der Waals surface area contributed by atoms with Crippen LogP contribution in [0.25, 0.3) is 0 Å². The van der Waals surface area contributed by atoms with Crippen molar-refractivity contribution in [3.05, 3.63) is 47.2 Å². The molecule has 0 saturated carbocycles. The molecule has 3 N–H and O–H groups in total. The van der Waals surface area contributed by atoms with Crippen LogP contribution in [0.2, 0.25) is 0 Å². The Morgan fingerprint density at radius 1 is 1.45 bits per heavy atom.